The number of rotatable bonds is 6. The van der Waals surface area contributed by atoms with E-state index in [1.165, 1.54) is 25.3 Å². The highest BCUT2D eigenvalue weighted by Gasteiger charge is 2.66. The summed E-state index contributed by atoms with van der Waals surface area (Å²) in [5.41, 5.74) is -3.03. The van der Waals surface area contributed by atoms with E-state index < -0.39 is 65.1 Å². The van der Waals surface area contributed by atoms with Crippen LogP contribution in [0.4, 0.5) is 27.6 Å². The van der Waals surface area contributed by atoms with Gasteiger partial charge in [-0.2, -0.15) is 17.6 Å². The summed E-state index contributed by atoms with van der Waals surface area (Å²) in [6.07, 6.45) is -6.00. The molecule has 0 bridgehead atoms. The van der Waals surface area contributed by atoms with Crippen molar-refractivity contribution >= 4 is 17.6 Å². The van der Waals surface area contributed by atoms with Gasteiger partial charge >= 0.3 is 12.1 Å². The van der Waals surface area contributed by atoms with Crippen LogP contribution in [0.15, 0.2) is 30.5 Å². The number of anilines is 1. The second-order valence-corrected chi connectivity index (χ2v) is 9.05. The fourth-order valence-corrected chi connectivity index (χ4v) is 4.40. The quantitative estimate of drug-likeness (QED) is 0.436. The number of methoxy groups -OCH3 is 1. The van der Waals surface area contributed by atoms with Crippen molar-refractivity contribution in [2.45, 2.75) is 43.8 Å². The Morgan fingerprint density at radius 1 is 1.22 bits per heavy atom. The van der Waals surface area contributed by atoms with E-state index >= 15 is 0 Å². The number of nitrogens with zero attached hydrogens (tertiary/aromatic N) is 1. The Labute approximate surface area is 208 Å². The van der Waals surface area contributed by atoms with Crippen LogP contribution in [0.3, 0.4) is 0 Å². The average molecular weight is 529 g/mol. The number of carbonyl (C=O) groups is 2. The van der Waals surface area contributed by atoms with Crippen LogP contribution >= 0.6 is 0 Å². The first-order valence-corrected chi connectivity index (χ1v) is 11.3. The molecule has 2 aliphatic rings. The summed E-state index contributed by atoms with van der Waals surface area (Å²) in [6.45, 7) is 2.70. The van der Waals surface area contributed by atoms with E-state index in [2.05, 4.69) is 20.4 Å². The second-order valence-electron chi connectivity index (χ2n) is 9.05. The molecule has 1 aromatic carbocycles. The van der Waals surface area contributed by atoms with Crippen molar-refractivity contribution in [1.29, 1.82) is 0 Å². The zero-order valence-corrected chi connectivity index (χ0v) is 20.0. The van der Waals surface area contributed by atoms with E-state index in [4.69, 9.17) is 9.47 Å². The standard InChI is InChI=1S/C24H24F5N3O5/c1-11-17(14-4-5-15(25)18(26)19(14)36-13-9-30-10-13)20(37-23(11,2)24(27,28)29)21(33)32-12-6-7-31-16(8-12)22(34)35-3/h4-8,11,13,17,20,30H,9-10H2,1-3H3,(H,31,32,33)/t11-,17-,20+,23+/m0/s1. The summed E-state index contributed by atoms with van der Waals surface area (Å²) < 4.78 is 87.0. The molecular formula is C24H24F5N3O5. The van der Waals surface area contributed by atoms with Crippen molar-refractivity contribution < 1.29 is 45.8 Å². The Morgan fingerprint density at radius 2 is 1.92 bits per heavy atom. The van der Waals surface area contributed by atoms with E-state index in [1.807, 2.05) is 0 Å². The SMILES string of the molecule is COC(=O)c1cc(NC(=O)[C@@H]2O[C@@](C)(C(F)(F)F)[C@@H](C)[C@H]2c2ccc(F)c(F)c2OC2CNC2)ccn1. The smallest absolute Gasteiger partial charge is 0.417 e. The van der Waals surface area contributed by atoms with Crippen molar-refractivity contribution in [1.82, 2.24) is 10.3 Å². The molecule has 0 saturated carbocycles. The van der Waals surface area contributed by atoms with Gasteiger partial charge in [0, 0.05) is 42.4 Å². The van der Waals surface area contributed by atoms with Gasteiger partial charge in [0.25, 0.3) is 5.91 Å². The molecule has 200 valence electrons. The number of hydrogen-bond acceptors (Lipinski definition) is 7. The summed E-state index contributed by atoms with van der Waals surface area (Å²) in [5.74, 6) is -7.73. The fourth-order valence-electron chi connectivity index (χ4n) is 4.40. The van der Waals surface area contributed by atoms with Crippen molar-refractivity contribution in [3.05, 3.63) is 53.4 Å². The molecule has 1 amide bonds. The zero-order chi connectivity index (χ0) is 27.1. The maximum Gasteiger partial charge on any atom is 0.417 e. The first-order valence-electron chi connectivity index (χ1n) is 11.3. The molecule has 0 spiro atoms. The lowest BCUT2D eigenvalue weighted by Crippen LogP contribution is -2.50. The number of amides is 1. The molecule has 2 saturated heterocycles. The largest absolute Gasteiger partial charge is 0.484 e. The molecule has 2 N–H and O–H groups in total. The summed E-state index contributed by atoms with van der Waals surface area (Å²) in [5, 5.41) is 5.32. The predicted molar refractivity (Wildman–Crippen MR) is 119 cm³/mol. The van der Waals surface area contributed by atoms with Crippen LogP contribution in [-0.2, 0) is 14.3 Å². The lowest BCUT2D eigenvalue weighted by atomic mass is 9.77. The van der Waals surface area contributed by atoms with Gasteiger partial charge < -0.3 is 24.8 Å². The average Bonchev–Trinajstić information content (AvgIpc) is 3.10. The molecule has 2 aliphatic heterocycles. The minimum atomic E-state index is -4.90. The fraction of sp³-hybridized carbons (Fsp3) is 0.458. The van der Waals surface area contributed by atoms with Crippen LogP contribution < -0.4 is 15.4 Å². The number of carbonyl (C=O) groups excluding carboxylic acids is 2. The minimum Gasteiger partial charge on any atom is -0.484 e. The lowest BCUT2D eigenvalue weighted by Gasteiger charge is -2.33. The summed E-state index contributed by atoms with van der Waals surface area (Å²) in [6, 6.07) is 4.37. The molecule has 2 fully saturated rings. The van der Waals surface area contributed by atoms with Crippen LogP contribution in [0.5, 0.6) is 5.75 Å². The molecule has 3 heterocycles. The molecule has 13 heteroatoms. The Kier molecular flexibility index (Phi) is 7.12. The van der Waals surface area contributed by atoms with Crippen LogP contribution in [0.2, 0.25) is 0 Å². The molecular weight excluding hydrogens is 505 g/mol. The topological polar surface area (TPSA) is 98.8 Å². The van der Waals surface area contributed by atoms with Gasteiger partial charge in [-0.15, -0.1) is 0 Å². The third kappa shape index (κ3) is 4.85. The van der Waals surface area contributed by atoms with Gasteiger partial charge in [0.15, 0.2) is 17.2 Å². The van der Waals surface area contributed by atoms with E-state index in [9.17, 15) is 31.5 Å². The molecule has 37 heavy (non-hydrogen) atoms. The predicted octanol–water partition coefficient (Wildman–Crippen LogP) is 3.58. The molecule has 0 aliphatic carbocycles. The van der Waals surface area contributed by atoms with E-state index in [1.54, 1.807) is 0 Å². The molecule has 0 unspecified atom stereocenters. The van der Waals surface area contributed by atoms with Crippen molar-refractivity contribution in [3.8, 4) is 5.75 Å². The Morgan fingerprint density at radius 3 is 2.51 bits per heavy atom. The van der Waals surface area contributed by atoms with Crippen molar-refractivity contribution in [3.63, 3.8) is 0 Å². The van der Waals surface area contributed by atoms with Gasteiger partial charge in [-0.05, 0) is 25.1 Å². The second kappa shape index (κ2) is 9.86. The summed E-state index contributed by atoms with van der Waals surface area (Å²) in [7, 11) is 1.13. The molecule has 4 atom stereocenters. The number of benzene rings is 1. The van der Waals surface area contributed by atoms with Gasteiger partial charge in [-0.3, -0.25) is 4.79 Å². The highest BCUT2D eigenvalue weighted by Crippen LogP contribution is 2.55. The Hall–Kier alpha value is -3.32. The van der Waals surface area contributed by atoms with Gasteiger partial charge in [0.2, 0.25) is 5.82 Å². The van der Waals surface area contributed by atoms with E-state index in [0.29, 0.717) is 13.1 Å². The number of alkyl halides is 3. The van der Waals surface area contributed by atoms with E-state index in [-0.39, 0.29) is 16.9 Å². The van der Waals surface area contributed by atoms with Crippen LogP contribution in [-0.4, -0.2) is 61.0 Å². The summed E-state index contributed by atoms with van der Waals surface area (Å²) in [4.78, 5) is 28.9. The van der Waals surface area contributed by atoms with Gasteiger partial charge in [0.05, 0.1) is 7.11 Å². The monoisotopic (exact) mass is 529 g/mol. The molecule has 1 aromatic heterocycles. The van der Waals surface area contributed by atoms with Gasteiger partial charge in [-0.1, -0.05) is 13.0 Å². The zero-order valence-electron chi connectivity index (χ0n) is 20.0. The highest BCUT2D eigenvalue weighted by molar-refractivity contribution is 5.96. The highest BCUT2D eigenvalue weighted by atomic mass is 19.4. The maximum absolute atomic E-state index is 14.9. The van der Waals surface area contributed by atoms with E-state index in [0.717, 1.165) is 26.2 Å². The number of hydrogen-bond donors (Lipinski definition) is 2. The van der Waals surface area contributed by atoms with Crippen molar-refractivity contribution in [2.75, 3.05) is 25.5 Å². The maximum atomic E-state index is 14.9. The first-order chi connectivity index (χ1) is 17.4. The number of halogens is 5. The molecule has 4 rings (SSSR count). The van der Waals surface area contributed by atoms with Crippen LogP contribution in [0.25, 0.3) is 0 Å². The van der Waals surface area contributed by atoms with Crippen LogP contribution in [0, 0.1) is 17.6 Å². The Balaban J connectivity index is 1.75. The number of nitrogens with one attached hydrogen (secondary N) is 2. The van der Waals surface area contributed by atoms with Gasteiger partial charge in [0.1, 0.15) is 17.9 Å². The first kappa shape index (κ1) is 26.7. The summed E-state index contributed by atoms with van der Waals surface area (Å²) >= 11 is 0. The normalized spacial score (nSPS) is 25.9. The number of ether oxygens (including phenoxy) is 3. The third-order valence-corrected chi connectivity index (χ3v) is 6.82. The molecule has 0 radical (unpaired) electrons. The van der Waals surface area contributed by atoms with Crippen molar-refractivity contribution in [2.24, 2.45) is 5.92 Å². The lowest BCUT2D eigenvalue weighted by molar-refractivity contribution is -0.272. The molecule has 8 nitrogen and oxygen atoms in total. The number of pyridine rings is 1. The molecule has 2 aromatic rings. The number of esters is 1. The number of aromatic nitrogens is 1. The third-order valence-electron chi connectivity index (χ3n) is 6.82. The van der Waals surface area contributed by atoms with Gasteiger partial charge in [-0.25, -0.2) is 14.2 Å². The van der Waals surface area contributed by atoms with Crippen LogP contribution in [0.1, 0.15) is 35.8 Å². The Bertz CT molecular complexity index is 1210. The minimum absolute atomic E-state index is 0.0401.